The third-order valence-electron chi connectivity index (χ3n) is 10.2. The number of aromatic nitrogens is 3. The Balaban J connectivity index is 1.35. The minimum atomic E-state index is 0.664. The van der Waals surface area contributed by atoms with Gasteiger partial charge in [0.15, 0.2) is 0 Å². The predicted octanol–water partition coefficient (Wildman–Crippen LogP) is 12.7. The largest absolute Gasteiger partial charge is 0.277 e. The summed E-state index contributed by atoms with van der Waals surface area (Å²) in [7, 11) is 0. The molecule has 0 atom stereocenters. The van der Waals surface area contributed by atoms with Crippen molar-refractivity contribution in [2.24, 2.45) is 0 Å². The summed E-state index contributed by atoms with van der Waals surface area (Å²) in [5.41, 5.74) is 7.47. The van der Waals surface area contributed by atoms with Crippen molar-refractivity contribution in [3.05, 3.63) is 164 Å². The summed E-state index contributed by atoms with van der Waals surface area (Å²) in [6.45, 7) is 0. The van der Waals surface area contributed by atoms with Crippen molar-refractivity contribution in [3.63, 3.8) is 0 Å². The lowest BCUT2D eigenvalue weighted by Crippen LogP contribution is -2.04. The third-order valence-corrected chi connectivity index (χ3v) is 11.3. The van der Waals surface area contributed by atoms with Crippen LogP contribution in [0.4, 0.5) is 0 Å². The van der Waals surface area contributed by atoms with Crippen molar-refractivity contribution in [2.45, 2.75) is 0 Å². The van der Waals surface area contributed by atoms with Gasteiger partial charge in [0, 0.05) is 52.8 Å². The van der Waals surface area contributed by atoms with Crippen LogP contribution in [0.2, 0.25) is 0 Å². The number of para-hydroxylation sites is 2. The number of rotatable bonds is 3. The molecular formula is C46H27N3S. The molecule has 0 bridgehead atoms. The van der Waals surface area contributed by atoms with Crippen molar-refractivity contribution in [1.82, 2.24) is 14.5 Å². The summed E-state index contributed by atoms with van der Waals surface area (Å²) in [4.78, 5) is 10.8. The summed E-state index contributed by atoms with van der Waals surface area (Å²) in [6.07, 6.45) is 0. The molecule has 0 aliphatic rings. The normalized spacial score (nSPS) is 12.0. The molecule has 3 aromatic heterocycles. The number of thiophene rings is 1. The first-order valence-corrected chi connectivity index (χ1v) is 17.7. The number of hydrogen-bond acceptors (Lipinski definition) is 3. The second-order valence-corrected chi connectivity index (χ2v) is 14.0. The molecule has 232 valence electrons. The summed E-state index contributed by atoms with van der Waals surface area (Å²) >= 11 is 1.85. The average Bonchev–Trinajstić information content (AvgIpc) is 3.74. The fourth-order valence-electron chi connectivity index (χ4n) is 8.03. The smallest absolute Gasteiger partial charge is 0.235 e. The molecule has 50 heavy (non-hydrogen) atoms. The van der Waals surface area contributed by atoms with Crippen molar-refractivity contribution in [2.75, 3.05) is 0 Å². The van der Waals surface area contributed by atoms with E-state index in [0.29, 0.717) is 5.95 Å². The van der Waals surface area contributed by atoms with E-state index in [2.05, 4.69) is 168 Å². The van der Waals surface area contributed by atoms with Crippen LogP contribution in [0.1, 0.15) is 0 Å². The monoisotopic (exact) mass is 653 g/mol. The second-order valence-electron chi connectivity index (χ2n) is 12.9. The van der Waals surface area contributed by atoms with Crippen LogP contribution in [0, 0.1) is 0 Å². The topological polar surface area (TPSA) is 30.7 Å². The summed E-state index contributed by atoms with van der Waals surface area (Å²) in [6, 6.07) is 58.8. The van der Waals surface area contributed by atoms with E-state index in [1.54, 1.807) is 0 Å². The molecule has 3 heterocycles. The van der Waals surface area contributed by atoms with Gasteiger partial charge in [-0.3, -0.25) is 4.57 Å². The molecule has 4 heteroatoms. The number of nitrogens with zero attached hydrogens (tertiary/aromatic N) is 3. The van der Waals surface area contributed by atoms with Gasteiger partial charge >= 0.3 is 0 Å². The van der Waals surface area contributed by atoms with Gasteiger partial charge in [0.1, 0.15) is 0 Å². The highest BCUT2D eigenvalue weighted by atomic mass is 32.1. The van der Waals surface area contributed by atoms with E-state index in [1.807, 2.05) is 11.3 Å². The van der Waals surface area contributed by atoms with Crippen LogP contribution in [-0.4, -0.2) is 14.5 Å². The first-order chi connectivity index (χ1) is 24.8. The first-order valence-electron chi connectivity index (χ1n) is 16.9. The molecule has 0 unspecified atom stereocenters. The Kier molecular flexibility index (Phi) is 5.83. The third kappa shape index (κ3) is 3.91. The number of benzene rings is 8. The molecular weight excluding hydrogens is 627 g/mol. The molecule has 0 saturated heterocycles. The van der Waals surface area contributed by atoms with Crippen LogP contribution in [-0.2, 0) is 0 Å². The van der Waals surface area contributed by atoms with Crippen LogP contribution in [0.25, 0.3) is 103 Å². The molecule has 0 aliphatic heterocycles. The fourth-order valence-corrected chi connectivity index (χ4v) is 9.12. The molecule has 0 saturated carbocycles. The van der Waals surface area contributed by atoms with Gasteiger partial charge in [0.2, 0.25) is 5.95 Å². The van der Waals surface area contributed by atoms with Gasteiger partial charge in [-0.05, 0) is 46.0 Å². The van der Waals surface area contributed by atoms with Crippen LogP contribution < -0.4 is 0 Å². The predicted molar refractivity (Wildman–Crippen MR) is 213 cm³/mol. The maximum Gasteiger partial charge on any atom is 0.235 e. The van der Waals surface area contributed by atoms with Crippen molar-refractivity contribution >= 4 is 85.8 Å². The molecule has 0 N–H and O–H groups in total. The van der Waals surface area contributed by atoms with Gasteiger partial charge in [-0.25, -0.2) is 9.97 Å². The Morgan fingerprint density at radius 1 is 0.400 bits per heavy atom. The lowest BCUT2D eigenvalue weighted by Gasteiger charge is -2.15. The molecule has 8 aromatic carbocycles. The Hall–Kier alpha value is -6.36. The molecule has 3 nitrogen and oxygen atoms in total. The van der Waals surface area contributed by atoms with Gasteiger partial charge in [0.05, 0.1) is 22.2 Å². The molecule has 0 aliphatic carbocycles. The van der Waals surface area contributed by atoms with Gasteiger partial charge in [-0.1, -0.05) is 140 Å². The van der Waals surface area contributed by atoms with E-state index >= 15 is 0 Å². The van der Waals surface area contributed by atoms with E-state index in [0.717, 1.165) is 38.8 Å². The highest BCUT2D eigenvalue weighted by Crippen LogP contribution is 2.46. The molecule has 0 spiro atoms. The molecule has 11 aromatic rings. The zero-order valence-corrected chi connectivity index (χ0v) is 27.7. The highest BCUT2D eigenvalue weighted by molar-refractivity contribution is 7.25. The first kappa shape index (κ1) is 27.6. The van der Waals surface area contributed by atoms with Crippen LogP contribution >= 0.6 is 11.3 Å². The van der Waals surface area contributed by atoms with Gasteiger partial charge in [-0.2, -0.15) is 0 Å². The van der Waals surface area contributed by atoms with E-state index < -0.39 is 0 Å². The molecule has 0 amide bonds. The van der Waals surface area contributed by atoms with Crippen molar-refractivity contribution in [1.29, 1.82) is 0 Å². The van der Waals surface area contributed by atoms with Gasteiger partial charge in [-0.15, -0.1) is 11.3 Å². The van der Waals surface area contributed by atoms with Gasteiger partial charge < -0.3 is 0 Å². The van der Waals surface area contributed by atoms with E-state index in [1.165, 1.54) is 58.1 Å². The van der Waals surface area contributed by atoms with Crippen LogP contribution in [0.15, 0.2) is 164 Å². The maximum atomic E-state index is 5.47. The molecule has 0 fully saturated rings. The van der Waals surface area contributed by atoms with Gasteiger partial charge in [0.25, 0.3) is 0 Å². The average molecular weight is 654 g/mol. The Morgan fingerprint density at radius 2 is 1.04 bits per heavy atom. The van der Waals surface area contributed by atoms with Crippen molar-refractivity contribution < 1.29 is 0 Å². The molecule has 0 radical (unpaired) electrons. The van der Waals surface area contributed by atoms with Crippen LogP contribution in [0.5, 0.6) is 0 Å². The highest BCUT2D eigenvalue weighted by Gasteiger charge is 2.24. The van der Waals surface area contributed by atoms with E-state index in [9.17, 15) is 0 Å². The minimum absolute atomic E-state index is 0.664. The zero-order chi connectivity index (χ0) is 32.8. The minimum Gasteiger partial charge on any atom is -0.277 e. The summed E-state index contributed by atoms with van der Waals surface area (Å²) < 4.78 is 4.96. The number of hydrogen-bond donors (Lipinski definition) is 0. The standard InChI is InChI=1S/C46H27N3S/c1-2-13-28(14-3-1)43-36-20-8-10-23-39(36)47-46(48-43)49-44-30(29-25-26-41-38(27-29)33-17-9-11-24-40(33)50-41)21-12-22-37(44)42-34-18-6-4-15-31(34)32-16-5-7-19-35(32)45(42)49/h1-27H. The Bertz CT molecular complexity index is 3150. The lowest BCUT2D eigenvalue weighted by atomic mass is 9.95. The number of fused-ring (bicyclic) bond motifs is 12. The Labute approximate surface area is 291 Å². The zero-order valence-electron chi connectivity index (χ0n) is 26.8. The van der Waals surface area contributed by atoms with E-state index in [4.69, 9.17) is 9.97 Å². The van der Waals surface area contributed by atoms with E-state index in [-0.39, 0.29) is 0 Å². The molecule has 11 rings (SSSR count). The maximum absolute atomic E-state index is 5.47. The summed E-state index contributed by atoms with van der Waals surface area (Å²) in [5.74, 6) is 0.664. The summed E-state index contributed by atoms with van der Waals surface area (Å²) in [5, 5.41) is 10.9. The Morgan fingerprint density at radius 3 is 1.88 bits per heavy atom. The second kappa shape index (κ2) is 10.6. The lowest BCUT2D eigenvalue weighted by molar-refractivity contribution is 1.02. The fraction of sp³-hybridized carbons (Fsp3) is 0. The SMILES string of the molecule is c1ccc(-c2nc(-n3c4c(-c5ccc6sc7ccccc7c6c5)cccc4c4c5ccccc5c5ccccc5c43)nc3ccccc23)cc1. The quantitative estimate of drug-likeness (QED) is 0.178. The van der Waals surface area contributed by atoms with Crippen molar-refractivity contribution in [3.8, 4) is 28.3 Å². The van der Waals surface area contributed by atoms with Crippen LogP contribution in [0.3, 0.4) is 0 Å².